The SMILES string of the molecule is COC(C)(C)CCOC1CCNC1. The highest BCUT2D eigenvalue weighted by molar-refractivity contribution is 4.72. The van der Waals surface area contributed by atoms with Gasteiger partial charge in [0.2, 0.25) is 0 Å². The van der Waals surface area contributed by atoms with E-state index >= 15 is 0 Å². The molecule has 1 saturated heterocycles. The van der Waals surface area contributed by atoms with Crippen molar-refractivity contribution in [2.24, 2.45) is 0 Å². The zero-order valence-corrected chi connectivity index (χ0v) is 8.93. The van der Waals surface area contributed by atoms with E-state index in [0.29, 0.717) is 6.10 Å². The lowest BCUT2D eigenvalue weighted by atomic mass is 10.1. The molecule has 1 rings (SSSR count). The predicted molar refractivity (Wildman–Crippen MR) is 52.9 cm³/mol. The normalized spacial score (nSPS) is 23.8. The lowest BCUT2D eigenvalue weighted by molar-refractivity contribution is -0.0229. The first-order chi connectivity index (χ1) is 6.14. The van der Waals surface area contributed by atoms with Crippen molar-refractivity contribution in [2.75, 3.05) is 26.8 Å². The molecule has 13 heavy (non-hydrogen) atoms. The van der Waals surface area contributed by atoms with Crippen molar-refractivity contribution < 1.29 is 9.47 Å². The van der Waals surface area contributed by atoms with Crippen LogP contribution < -0.4 is 5.32 Å². The molecule has 0 spiro atoms. The van der Waals surface area contributed by atoms with Crippen LogP contribution in [0.4, 0.5) is 0 Å². The molecular weight excluding hydrogens is 166 g/mol. The van der Waals surface area contributed by atoms with Crippen LogP contribution in [0.5, 0.6) is 0 Å². The number of hydrogen-bond donors (Lipinski definition) is 1. The van der Waals surface area contributed by atoms with Crippen LogP contribution >= 0.6 is 0 Å². The zero-order chi connectivity index (χ0) is 9.73. The third-order valence-electron chi connectivity index (χ3n) is 2.63. The first kappa shape index (κ1) is 11.0. The van der Waals surface area contributed by atoms with Crippen molar-refractivity contribution in [1.29, 1.82) is 0 Å². The summed E-state index contributed by atoms with van der Waals surface area (Å²) >= 11 is 0. The van der Waals surface area contributed by atoms with Crippen LogP contribution in [0.3, 0.4) is 0 Å². The van der Waals surface area contributed by atoms with Crippen LogP contribution in [0.25, 0.3) is 0 Å². The van der Waals surface area contributed by atoms with Crippen LogP contribution in [-0.4, -0.2) is 38.5 Å². The van der Waals surface area contributed by atoms with E-state index in [9.17, 15) is 0 Å². The van der Waals surface area contributed by atoms with Gasteiger partial charge in [0.05, 0.1) is 11.7 Å². The van der Waals surface area contributed by atoms with Crippen molar-refractivity contribution in [3.63, 3.8) is 0 Å². The van der Waals surface area contributed by atoms with Crippen LogP contribution in [0.15, 0.2) is 0 Å². The molecule has 78 valence electrons. The van der Waals surface area contributed by atoms with Crippen LogP contribution in [0, 0.1) is 0 Å². The molecule has 0 amide bonds. The Morgan fingerprint density at radius 3 is 2.77 bits per heavy atom. The minimum absolute atomic E-state index is 0.0496. The first-order valence-electron chi connectivity index (χ1n) is 5.01. The Balaban J connectivity index is 2.06. The second-order valence-electron chi connectivity index (χ2n) is 4.20. The van der Waals surface area contributed by atoms with Gasteiger partial charge in [0, 0.05) is 20.3 Å². The molecule has 1 atom stereocenters. The summed E-state index contributed by atoms with van der Waals surface area (Å²) < 4.78 is 11.0. The maximum Gasteiger partial charge on any atom is 0.0711 e. The lowest BCUT2D eigenvalue weighted by Crippen LogP contribution is -2.26. The van der Waals surface area contributed by atoms with E-state index in [1.807, 2.05) is 0 Å². The van der Waals surface area contributed by atoms with E-state index in [4.69, 9.17) is 9.47 Å². The summed E-state index contributed by atoms with van der Waals surface area (Å²) in [6.45, 7) is 7.07. The van der Waals surface area contributed by atoms with E-state index < -0.39 is 0 Å². The van der Waals surface area contributed by atoms with Gasteiger partial charge in [-0.05, 0) is 33.2 Å². The summed E-state index contributed by atoms with van der Waals surface area (Å²) in [6, 6.07) is 0. The summed E-state index contributed by atoms with van der Waals surface area (Å²) in [5.41, 5.74) is -0.0496. The molecule has 1 fully saturated rings. The summed E-state index contributed by atoms with van der Waals surface area (Å²) in [5.74, 6) is 0. The average Bonchev–Trinajstić information content (AvgIpc) is 2.57. The van der Waals surface area contributed by atoms with Gasteiger partial charge in [0.1, 0.15) is 0 Å². The third-order valence-corrected chi connectivity index (χ3v) is 2.63. The fourth-order valence-electron chi connectivity index (χ4n) is 1.34. The molecule has 1 heterocycles. The van der Waals surface area contributed by atoms with Gasteiger partial charge in [-0.2, -0.15) is 0 Å². The molecule has 0 aliphatic carbocycles. The zero-order valence-electron chi connectivity index (χ0n) is 8.93. The highest BCUT2D eigenvalue weighted by Gasteiger charge is 2.19. The number of methoxy groups -OCH3 is 1. The molecule has 3 nitrogen and oxygen atoms in total. The van der Waals surface area contributed by atoms with Gasteiger partial charge in [-0.25, -0.2) is 0 Å². The fraction of sp³-hybridized carbons (Fsp3) is 1.00. The molecule has 0 aromatic rings. The van der Waals surface area contributed by atoms with Gasteiger partial charge in [-0.15, -0.1) is 0 Å². The largest absolute Gasteiger partial charge is 0.379 e. The topological polar surface area (TPSA) is 30.5 Å². The smallest absolute Gasteiger partial charge is 0.0711 e. The number of ether oxygens (including phenoxy) is 2. The number of rotatable bonds is 5. The third kappa shape index (κ3) is 4.07. The minimum atomic E-state index is -0.0496. The van der Waals surface area contributed by atoms with E-state index in [1.54, 1.807) is 7.11 Å². The molecule has 0 aromatic carbocycles. The van der Waals surface area contributed by atoms with Crippen LogP contribution in [-0.2, 0) is 9.47 Å². The van der Waals surface area contributed by atoms with Crippen LogP contribution in [0.2, 0.25) is 0 Å². The summed E-state index contributed by atoms with van der Waals surface area (Å²) in [7, 11) is 1.75. The van der Waals surface area contributed by atoms with Gasteiger partial charge >= 0.3 is 0 Å². The highest BCUT2D eigenvalue weighted by Crippen LogP contribution is 2.14. The Hall–Kier alpha value is -0.120. The number of hydrogen-bond acceptors (Lipinski definition) is 3. The molecule has 0 radical (unpaired) electrons. The molecule has 1 unspecified atom stereocenters. The maximum absolute atomic E-state index is 5.70. The quantitative estimate of drug-likeness (QED) is 0.701. The Bertz CT molecular complexity index is 142. The van der Waals surface area contributed by atoms with Gasteiger partial charge in [-0.3, -0.25) is 0 Å². The standard InChI is InChI=1S/C10H21NO2/c1-10(2,12-3)5-7-13-9-4-6-11-8-9/h9,11H,4-8H2,1-3H3. The van der Waals surface area contributed by atoms with Crippen molar-refractivity contribution in [3.8, 4) is 0 Å². The van der Waals surface area contributed by atoms with Crippen molar-refractivity contribution >= 4 is 0 Å². The second kappa shape index (κ2) is 4.94. The lowest BCUT2D eigenvalue weighted by Gasteiger charge is -2.23. The van der Waals surface area contributed by atoms with Gasteiger partial charge < -0.3 is 14.8 Å². The maximum atomic E-state index is 5.70. The molecule has 0 bridgehead atoms. The van der Waals surface area contributed by atoms with Crippen molar-refractivity contribution in [1.82, 2.24) is 5.32 Å². The van der Waals surface area contributed by atoms with E-state index in [2.05, 4.69) is 19.2 Å². The Morgan fingerprint density at radius 2 is 2.23 bits per heavy atom. The second-order valence-corrected chi connectivity index (χ2v) is 4.20. The average molecular weight is 187 g/mol. The van der Waals surface area contributed by atoms with E-state index in [-0.39, 0.29) is 5.60 Å². The Kier molecular flexibility index (Phi) is 4.16. The first-order valence-corrected chi connectivity index (χ1v) is 5.01. The van der Waals surface area contributed by atoms with Gasteiger partial charge in [-0.1, -0.05) is 0 Å². The Morgan fingerprint density at radius 1 is 1.46 bits per heavy atom. The molecule has 0 saturated carbocycles. The van der Waals surface area contributed by atoms with Gasteiger partial charge in [0.15, 0.2) is 0 Å². The fourth-order valence-corrected chi connectivity index (χ4v) is 1.34. The summed E-state index contributed by atoms with van der Waals surface area (Å²) in [6.07, 6.45) is 2.53. The number of nitrogens with one attached hydrogen (secondary N) is 1. The van der Waals surface area contributed by atoms with E-state index in [1.165, 1.54) is 0 Å². The molecule has 3 heteroatoms. The molecule has 0 aromatic heterocycles. The molecule has 1 aliphatic heterocycles. The van der Waals surface area contributed by atoms with Gasteiger partial charge in [0.25, 0.3) is 0 Å². The van der Waals surface area contributed by atoms with Crippen molar-refractivity contribution in [2.45, 2.75) is 38.4 Å². The highest BCUT2D eigenvalue weighted by atomic mass is 16.5. The van der Waals surface area contributed by atoms with Crippen LogP contribution in [0.1, 0.15) is 26.7 Å². The monoisotopic (exact) mass is 187 g/mol. The molecule has 1 N–H and O–H groups in total. The van der Waals surface area contributed by atoms with Crippen molar-refractivity contribution in [3.05, 3.63) is 0 Å². The van der Waals surface area contributed by atoms with E-state index in [0.717, 1.165) is 32.5 Å². The minimum Gasteiger partial charge on any atom is -0.379 e. The predicted octanol–water partition coefficient (Wildman–Crippen LogP) is 1.18. The molecular formula is C10H21NO2. The summed E-state index contributed by atoms with van der Waals surface area (Å²) in [4.78, 5) is 0. The molecule has 1 aliphatic rings. The Labute approximate surface area is 80.8 Å². The summed E-state index contributed by atoms with van der Waals surface area (Å²) in [5, 5.41) is 3.28.